The minimum Gasteiger partial charge on any atom is -0.489 e. The van der Waals surface area contributed by atoms with E-state index in [2.05, 4.69) is 10.6 Å². The molecule has 0 bridgehead atoms. The number of amides is 3. The topological polar surface area (TPSA) is 97.0 Å². The van der Waals surface area contributed by atoms with Crippen LogP contribution in [0.5, 0.6) is 5.75 Å². The van der Waals surface area contributed by atoms with Crippen molar-refractivity contribution in [1.29, 1.82) is 0 Å². The fourth-order valence-corrected chi connectivity index (χ4v) is 6.16. The number of nitrogens with zero attached hydrogens (tertiary/aromatic N) is 1. The summed E-state index contributed by atoms with van der Waals surface area (Å²) in [6, 6.07) is 5.39. The summed E-state index contributed by atoms with van der Waals surface area (Å²) in [5.41, 5.74) is 1.50. The number of nitrogens with one attached hydrogen (secondary N) is 2. The van der Waals surface area contributed by atoms with Crippen LogP contribution in [0.15, 0.2) is 18.2 Å². The van der Waals surface area contributed by atoms with Crippen molar-refractivity contribution in [3.63, 3.8) is 0 Å². The predicted molar refractivity (Wildman–Crippen MR) is 130 cm³/mol. The third-order valence-electron chi connectivity index (χ3n) is 8.28. The number of carbonyl (C=O) groups is 3. The van der Waals surface area contributed by atoms with Gasteiger partial charge < -0.3 is 19.7 Å². The number of ether oxygens (including phenoxy) is 2. The molecule has 2 saturated carbocycles. The number of carbonyl (C=O) groups excluding carboxylic acids is 3. The van der Waals surface area contributed by atoms with E-state index < -0.39 is 6.04 Å². The fraction of sp³-hybridized carbons (Fsp3) is 0.667. The van der Waals surface area contributed by atoms with Gasteiger partial charge >= 0.3 is 0 Å². The minimum atomic E-state index is -0.595. The maximum Gasteiger partial charge on any atom is 0.255 e. The molecule has 2 aliphatic heterocycles. The molecule has 0 radical (unpaired) electrons. The Morgan fingerprint density at radius 2 is 1.83 bits per heavy atom. The second kappa shape index (κ2) is 10.7. The monoisotopic (exact) mass is 483 g/mol. The van der Waals surface area contributed by atoms with Gasteiger partial charge in [0.1, 0.15) is 17.9 Å². The zero-order valence-corrected chi connectivity index (χ0v) is 20.6. The van der Waals surface area contributed by atoms with Crippen LogP contribution in [0.2, 0.25) is 0 Å². The minimum absolute atomic E-state index is 0.112. The molecule has 4 aliphatic rings. The summed E-state index contributed by atoms with van der Waals surface area (Å²) in [6.45, 7) is 1.40. The number of methoxy groups -OCH3 is 1. The molecule has 2 N–H and O–H groups in total. The Kier molecular flexibility index (Phi) is 7.39. The normalized spacial score (nSPS) is 31.3. The standard InChI is InChI=1S/C27H37N3O5/c1-34-19-8-6-17(7-9-19)15-28-22-4-2-3-5-24(22)35-20-10-11-21-18(14-20)16-30(27(21)33)23-12-13-25(31)29-26(23)32/h10-11,14,17,19,22-24,28H,2-9,12-13,15-16H2,1H3,(H,29,31,32)/t17-,19-,22?,23?,24?. The largest absolute Gasteiger partial charge is 0.489 e. The lowest BCUT2D eigenvalue weighted by Gasteiger charge is -2.35. The number of imide groups is 1. The van der Waals surface area contributed by atoms with Crippen molar-refractivity contribution in [3.05, 3.63) is 29.3 Å². The highest BCUT2D eigenvalue weighted by Gasteiger charge is 2.39. The van der Waals surface area contributed by atoms with Crippen LogP contribution in [-0.4, -0.2) is 60.6 Å². The van der Waals surface area contributed by atoms with Gasteiger partial charge in [-0.25, -0.2) is 0 Å². The number of rotatable bonds is 7. The van der Waals surface area contributed by atoms with Crippen LogP contribution < -0.4 is 15.4 Å². The average molecular weight is 484 g/mol. The van der Waals surface area contributed by atoms with Crippen molar-refractivity contribution in [2.24, 2.45) is 5.92 Å². The molecule has 1 aromatic rings. The van der Waals surface area contributed by atoms with E-state index in [-0.39, 0.29) is 30.2 Å². The zero-order valence-electron chi connectivity index (χ0n) is 20.6. The van der Waals surface area contributed by atoms with Crippen molar-refractivity contribution in [2.75, 3.05) is 13.7 Å². The molecular weight excluding hydrogens is 446 g/mol. The summed E-state index contributed by atoms with van der Waals surface area (Å²) < 4.78 is 12.0. The lowest BCUT2D eigenvalue weighted by molar-refractivity contribution is -0.136. The van der Waals surface area contributed by atoms with Crippen LogP contribution in [0.4, 0.5) is 0 Å². The van der Waals surface area contributed by atoms with E-state index >= 15 is 0 Å². The summed E-state index contributed by atoms with van der Waals surface area (Å²) in [7, 11) is 1.81. The summed E-state index contributed by atoms with van der Waals surface area (Å²) in [5.74, 6) is 0.672. The highest BCUT2D eigenvalue weighted by atomic mass is 16.5. The van der Waals surface area contributed by atoms with E-state index in [1.807, 2.05) is 25.3 Å². The zero-order chi connectivity index (χ0) is 24.4. The SMILES string of the molecule is CO[C@H]1CC[C@H](CNC2CCCCC2Oc2ccc3c(c2)CN(C2CCC(=O)NC2=O)C3=O)CC1. The third-order valence-corrected chi connectivity index (χ3v) is 8.28. The van der Waals surface area contributed by atoms with Crippen molar-refractivity contribution in [2.45, 2.75) is 95.0 Å². The first kappa shape index (κ1) is 24.3. The van der Waals surface area contributed by atoms with E-state index in [1.165, 1.54) is 19.3 Å². The smallest absolute Gasteiger partial charge is 0.255 e. The van der Waals surface area contributed by atoms with Gasteiger partial charge in [0.2, 0.25) is 11.8 Å². The molecule has 3 fully saturated rings. The molecule has 0 aromatic heterocycles. The lowest BCUT2D eigenvalue weighted by atomic mass is 9.86. The number of fused-ring (bicyclic) bond motifs is 1. The molecule has 2 aliphatic carbocycles. The molecule has 0 spiro atoms. The number of benzene rings is 1. The van der Waals surface area contributed by atoms with Gasteiger partial charge in [-0.3, -0.25) is 19.7 Å². The van der Waals surface area contributed by atoms with Crippen LogP contribution in [-0.2, 0) is 20.9 Å². The predicted octanol–water partition coefficient (Wildman–Crippen LogP) is 2.93. The molecule has 190 valence electrons. The van der Waals surface area contributed by atoms with E-state index in [9.17, 15) is 14.4 Å². The first-order chi connectivity index (χ1) is 17.0. The Morgan fingerprint density at radius 1 is 1.03 bits per heavy atom. The number of hydrogen-bond donors (Lipinski definition) is 2. The van der Waals surface area contributed by atoms with Gasteiger partial charge in [-0.05, 0) is 87.6 Å². The molecule has 35 heavy (non-hydrogen) atoms. The van der Waals surface area contributed by atoms with Gasteiger partial charge in [-0.1, -0.05) is 6.42 Å². The third kappa shape index (κ3) is 5.38. The Hall–Kier alpha value is -2.45. The molecule has 5 rings (SSSR count). The van der Waals surface area contributed by atoms with Gasteiger partial charge in [-0.15, -0.1) is 0 Å². The highest BCUT2D eigenvalue weighted by molar-refractivity contribution is 6.05. The van der Waals surface area contributed by atoms with Crippen LogP contribution in [0.3, 0.4) is 0 Å². The summed E-state index contributed by atoms with van der Waals surface area (Å²) in [6.07, 6.45) is 10.4. The Balaban J connectivity index is 1.19. The van der Waals surface area contributed by atoms with Gasteiger partial charge in [0.25, 0.3) is 5.91 Å². The van der Waals surface area contributed by atoms with Crippen molar-refractivity contribution in [3.8, 4) is 5.75 Å². The van der Waals surface area contributed by atoms with Gasteiger partial charge in [-0.2, -0.15) is 0 Å². The molecule has 8 nitrogen and oxygen atoms in total. The molecule has 3 amide bonds. The number of hydrogen-bond acceptors (Lipinski definition) is 6. The second-order valence-electron chi connectivity index (χ2n) is 10.6. The molecule has 2 heterocycles. The van der Waals surface area contributed by atoms with E-state index in [1.54, 1.807) is 4.90 Å². The first-order valence-electron chi connectivity index (χ1n) is 13.2. The van der Waals surface area contributed by atoms with Gasteiger partial charge in [0.15, 0.2) is 0 Å². The van der Waals surface area contributed by atoms with Gasteiger partial charge in [0, 0.05) is 31.7 Å². The van der Waals surface area contributed by atoms with E-state index in [4.69, 9.17) is 9.47 Å². The first-order valence-corrected chi connectivity index (χ1v) is 13.2. The Morgan fingerprint density at radius 3 is 2.60 bits per heavy atom. The average Bonchev–Trinajstić information content (AvgIpc) is 3.19. The molecular formula is C27H37N3O5. The van der Waals surface area contributed by atoms with Crippen molar-refractivity contribution < 1.29 is 23.9 Å². The maximum absolute atomic E-state index is 13.0. The summed E-state index contributed by atoms with van der Waals surface area (Å²) in [5, 5.41) is 6.17. The summed E-state index contributed by atoms with van der Waals surface area (Å²) >= 11 is 0. The Labute approximate surface area is 207 Å². The van der Waals surface area contributed by atoms with E-state index in [0.29, 0.717) is 36.6 Å². The van der Waals surface area contributed by atoms with Crippen LogP contribution in [0.25, 0.3) is 0 Å². The maximum atomic E-state index is 13.0. The van der Waals surface area contributed by atoms with Crippen LogP contribution in [0.1, 0.15) is 80.1 Å². The van der Waals surface area contributed by atoms with Crippen LogP contribution in [0, 0.1) is 5.92 Å². The molecule has 8 heteroatoms. The second-order valence-corrected chi connectivity index (χ2v) is 10.6. The number of piperidine rings is 1. The van der Waals surface area contributed by atoms with Gasteiger partial charge in [0.05, 0.1) is 6.10 Å². The molecule has 1 aromatic carbocycles. The molecule has 3 unspecified atom stereocenters. The molecule has 1 saturated heterocycles. The quantitative estimate of drug-likeness (QED) is 0.579. The lowest BCUT2D eigenvalue weighted by Crippen LogP contribution is -2.52. The highest BCUT2D eigenvalue weighted by Crippen LogP contribution is 2.32. The van der Waals surface area contributed by atoms with Crippen molar-refractivity contribution >= 4 is 17.7 Å². The fourth-order valence-electron chi connectivity index (χ4n) is 6.16. The van der Waals surface area contributed by atoms with Crippen molar-refractivity contribution in [1.82, 2.24) is 15.5 Å². The molecule has 3 atom stereocenters. The summed E-state index contributed by atoms with van der Waals surface area (Å²) in [4.78, 5) is 38.3. The Bertz CT molecular complexity index is 958. The van der Waals surface area contributed by atoms with E-state index in [0.717, 1.165) is 50.0 Å². The van der Waals surface area contributed by atoms with Crippen LogP contribution >= 0.6 is 0 Å².